The van der Waals surface area contributed by atoms with E-state index in [0.717, 1.165) is 28.1 Å². The van der Waals surface area contributed by atoms with Gasteiger partial charge < -0.3 is 0 Å². The molecule has 4 aromatic rings. The van der Waals surface area contributed by atoms with Gasteiger partial charge in [-0.1, -0.05) is 35.1 Å². The van der Waals surface area contributed by atoms with Crippen molar-refractivity contribution in [2.75, 3.05) is 0 Å². The molecule has 0 spiro atoms. The second kappa shape index (κ2) is 8.29. The van der Waals surface area contributed by atoms with E-state index in [-0.39, 0.29) is 7.43 Å². The molecule has 0 radical (unpaired) electrons. The monoisotopic (exact) mass is 366 g/mol. The van der Waals surface area contributed by atoms with Crippen LogP contribution >= 0.6 is 0 Å². The molecule has 0 saturated heterocycles. The van der Waals surface area contributed by atoms with Crippen LogP contribution in [0.15, 0.2) is 37.1 Å². The maximum absolute atomic E-state index is 4.36. The second-order valence-electron chi connectivity index (χ2n) is 7.29. The average molecular weight is 367 g/mol. The predicted molar refractivity (Wildman–Crippen MR) is 110 cm³/mol. The summed E-state index contributed by atoms with van der Waals surface area (Å²) in [6.45, 7) is 12.6. The summed E-state index contributed by atoms with van der Waals surface area (Å²) >= 11 is 0. The number of hydrogen-bond donors (Lipinski definition) is 0. The summed E-state index contributed by atoms with van der Waals surface area (Å²) in [4.78, 5) is 8.66. The molecule has 0 fully saturated rings. The van der Waals surface area contributed by atoms with E-state index in [0.29, 0.717) is 11.8 Å². The Kier molecular flexibility index (Phi) is 6.31. The van der Waals surface area contributed by atoms with Gasteiger partial charge in [-0.25, -0.2) is 19.0 Å². The average Bonchev–Trinajstić information content (AvgIpc) is 3.18. The third-order valence-electron chi connectivity index (χ3n) is 4.25. The SMILES string of the molecule is C.Cc1cnc2c(C(C)C)cnn2c1.Cc1cnn2c(C(C)C)cnc2c1. The van der Waals surface area contributed by atoms with Crippen LogP contribution < -0.4 is 0 Å². The topological polar surface area (TPSA) is 60.4 Å². The summed E-state index contributed by atoms with van der Waals surface area (Å²) in [6, 6.07) is 2.04. The van der Waals surface area contributed by atoms with Crippen molar-refractivity contribution in [3.8, 4) is 0 Å². The Morgan fingerprint density at radius 3 is 2.22 bits per heavy atom. The molecule has 0 aliphatic carbocycles. The smallest absolute Gasteiger partial charge is 0.158 e. The van der Waals surface area contributed by atoms with Gasteiger partial charge >= 0.3 is 0 Å². The van der Waals surface area contributed by atoms with E-state index in [1.165, 1.54) is 5.56 Å². The zero-order chi connectivity index (χ0) is 18.8. The minimum Gasteiger partial charge on any atom is -0.236 e. The van der Waals surface area contributed by atoms with Gasteiger partial charge in [-0.05, 0) is 42.9 Å². The molecule has 0 unspecified atom stereocenters. The highest BCUT2D eigenvalue weighted by molar-refractivity contribution is 5.47. The van der Waals surface area contributed by atoms with Gasteiger partial charge in [-0.15, -0.1) is 0 Å². The van der Waals surface area contributed by atoms with Gasteiger partial charge in [0.2, 0.25) is 0 Å². The molecular weight excluding hydrogens is 336 g/mol. The Labute approximate surface area is 161 Å². The zero-order valence-electron chi connectivity index (χ0n) is 16.3. The summed E-state index contributed by atoms with van der Waals surface area (Å²) in [6.07, 6.45) is 9.52. The minimum atomic E-state index is 0. The van der Waals surface area contributed by atoms with Gasteiger partial charge in [-0.3, -0.25) is 0 Å². The summed E-state index contributed by atoms with van der Waals surface area (Å²) in [5, 5.41) is 8.57. The number of rotatable bonds is 2. The molecule has 6 nitrogen and oxygen atoms in total. The Morgan fingerprint density at radius 2 is 1.56 bits per heavy atom. The lowest BCUT2D eigenvalue weighted by atomic mass is 10.1. The summed E-state index contributed by atoms with van der Waals surface area (Å²) in [5.74, 6) is 0.943. The van der Waals surface area contributed by atoms with Crippen molar-refractivity contribution >= 4 is 11.3 Å². The molecule has 0 aliphatic rings. The third kappa shape index (κ3) is 4.32. The Balaban J connectivity index is 0.000000187. The van der Waals surface area contributed by atoms with E-state index in [4.69, 9.17) is 0 Å². The quantitative estimate of drug-likeness (QED) is 0.503. The molecule has 0 aliphatic heterocycles. The van der Waals surface area contributed by atoms with Crippen molar-refractivity contribution in [1.29, 1.82) is 0 Å². The number of hydrogen-bond acceptors (Lipinski definition) is 4. The standard InChI is InChI=1S/2C10H13N3.CH4/c1-7(2)9-5-12-13-6-8(3)4-11-10(9)13;1-7(2)9-6-11-10-4-8(3)5-12-13(9)10;/h2*4-7H,1-3H3;1H4. The van der Waals surface area contributed by atoms with Crippen LogP contribution in [-0.4, -0.2) is 29.2 Å². The molecule has 4 aromatic heterocycles. The molecule has 144 valence electrons. The molecular formula is C21H30N6. The van der Waals surface area contributed by atoms with Crippen LogP contribution in [0, 0.1) is 13.8 Å². The van der Waals surface area contributed by atoms with Gasteiger partial charge in [0.1, 0.15) is 0 Å². The van der Waals surface area contributed by atoms with E-state index < -0.39 is 0 Å². The molecule has 0 amide bonds. The van der Waals surface area contributed by atoms with Crippen molar-refractivity contribution in [3.63, 3.8) is 0 Å². The van der Waals surface area contributed by atoms with Gasteiger partial charge in [-0.2, -0.15) is 10.2 Å². The van der Waals surface area contributed by atoms with E-state index in [2.05, 4.69) is 47.9 Å². The van der Waals surface area contributed by atoms with E-state index in [1.54, 1.807) is 0 Å². The summed E-state index contributed by atoms with van der Waals surface area (Å²) < 4.78 is 3.74. The van der Waals surface area contributed by atoms with E-state index >= 15 is 0 Å². The second-order valence-corrected chi connectivity index (χ2v) is 7.29. The number of aromatic nitrogens is 6. The van der Waals surface area contributed by atoms with Crippen LogP contribution in [0.3, 0.4) is 0 Å². The van der Waals surface area contributed by atoms with Crippen LogP contribution in [0.25, 0.3) is 11.3 Å². The molecule has 4 heterocycles. The van der Waals surface area contributed by atoms with Gasteiger partial charge in [0, 0.05) is 18.0 Å². The predicted octanol–water partition coefficient (Wildman–Crippen LogP) is 4.96. The van der Waals surface area contributed by atoms with Crippen LogP contribution in [0.1, 0.15) is 69.3 Å². The molecule has 0 bridgehead atoms. The number of imidazole rings is 1. The first-order valence-corrected chi connectivity index (χ1v) is 8.97. The molecule has 0 aromatic carbocycles. The maximum Gasteiger partial charge on any atom is 0.158 e. The molecule has 27 heavy (non-hydrogen) atoms. The fourth-order valence-electron chi connectivity index (χ4n) is 2.78. The number of nitrogens with zero attached hydrogens (tertiary/aromatic N) is 6. The highest BCUT2D eigenvalue weighted by Crippen LogP contribution is 2.18. The van der Waals surface area contributed by atoms with Crippen LogP contribution in [0.2, 0.25) is 0 Å². The van der Waals surface area contributed by atoms with Crippen LogP contribution in [0.4, 0.5) is 0 Å². The molecule has 6 heteroatoms. The normalized spacial score (nSPS) is 11.0. The zero-order valence-corrected chi connectivity index (χ0v) is 16.3. The Hall–Kier alpha value is -2.76. The van der Waals surface area contributed by atoms with Crippen LogP contribution in [0.5, 0.6) is 0 Å². The highest BCUT2D eigenvalue weighted by Gasteiger charge is 2.08. The fourth-order valence-corrected chi connectivity index (χ4v) is 2.78. The first-order chi connectivity index (χ1) is 12.4. The first kappa shape index (κ1) is 20.6. The van der Waals surface area contributed by atoms with Crippen molar-refractivity contribution in [2.45, 2.75) is 60.8 Å². The summed E-state index contributed by atoms with van der Waals surface area (Å²) in [7, 11) is 0. The maximum atomic E-state index is 4.36. The lowest BCUT2D eigenvalue weighted by Crippen LogP contribution is -1.98. The third-order valence-corrected chi connectivity index (χ3v) is 4.25. The van der Waals surface area contributed by atoms with Crippen molar-refractivity contribution in [3.05, 3.63) is 59.4 Å². The number of aryl methyl sites for hydroxylation is 2. The lowest BCUT2D eigenvalue weighted by Gasteiger charge is -2.02. The molecule has 0 atom stereocenters. The van der Waals surface area contributed by atoms with E-state index in [9.17, 15) is 0 Å². The van der Waals surface area contributed by atoms with E-state index in [1.807, 2.05) is 59.9 Å². The molecule has 4 rings (SSSR count). The first-order valence-electron chi connectivity index (χ1n) is 8.97. The molecule has 0 N–H and O–H groups in total. The fraction of sp³-hybridized carbons (Fsp3) is 0.429. The van der Waals surface area contributed by atoms with Gasteiger partial charge in [0.25, 0.3) is 0 Å². The molecule has 0 saturated carbocycles. The van der Waals surface area contributed by atoms with Crippen molar-refractivity contribution in [2.24, 2.45) is 0 Å². The van der Waals surface area contributed by atoms with Gasteiger partial charge in [0.05, 0.1) is 24.3 Å². The minimum absolute atomic E-state index is 0. The largest absolute Gasteiger partial charge is 0.236 e. The lowest BCUT2D eigenvalue weighted by molar-refractivity contribution is 0.757. The number of fused-ring (bicyclic) bond motifs is 2. The Bertz CT molecular complexity index is 942. The van der Waals surface area contributed by atoms with Crippen LogP contribution in [-0.2, 0) is 0 Å². The highest BCUT2D eigenvalue weighted by atomic mass is 15.3. The van der Waals surface area contributed by atoms with Gasteiger partial charge in [0.15, 0.2) is 11.3 Å². The van der Waals surface area contributed by atoms with Crippen molar-refractivity contribution < 1.29 is 0 Å². The summed E-state index contributed by atoms with van der Waals surface area (Å²) in [5.41, 5.74) is 6.55. The Morgan fingerprint density at radius 1 is 0.815 bits per heavy atom. The van der Waals surface area contributed by atoms with Crippen molar-refractivity contribution in [1.82, 2.24) is 29.2 Å².